The van der Waals surface area contributed by atoms with Crippen LogP contribution in [0.25, 0.3) is 38.8 Å². The van der Waals surface area contributed by atoms with Crippen molar-refractivity contribution in [3.8, 4) is 28.4 Å². The van der Waals surface area contributed by atoms with Gasteiger partial charge in [-0.25, -0.2) is 4.98 Å². The SMILES string of the molecule is [2H]C([2H])([2H])c1cc(C(C)(C)C)cc(C)c1-c1ccnc(-n2c3ccc(C(C)(C)C)cc3c3ccc(Oc4cccc(N5CN(c6cccc(C(C)(C)C)c6)c6ccccc65)c4)cc32)c1. The molecule has 5 heteroatoms. The molecular formula is C56H58N4O. The Labute approximate surface area is 366 Å². The lowest BCUT2D eigenvalue weighted by Gasteiger charge is -2.25. The Morgan fingerprint density at radius 3 is 1.87 bits per heavy atom. The van der Waals surface area contributed by atoms with Crippen LogP contribution in [-0.4, -0.2) is 16.2 Å². The molecule has 0 fully saturated rings. The van der Waals surface area contributed by atoms with Crippen molar-refractivity contribution in [2.45, 2.75) is 92.3 Å². The smallest absolute Gasteiger partial charge is 0.138 e. The molecular weight excluding hydrogens is 745 g/mol. The Balaban J connectivity index is 1.12. The van der Waals surface area contributed by atoms with E-state index in [-0.39, 0.29) is 16.2 Å². The Hall–Kier alpha value is -6.33. The number of aryl methyl sites for hydroxylation is 2. The third-order valence-electron chi connectivity index (χ3n) is 12.2. The van der Waals surface area contributed by atoms with Crippen molar-refractivity contribution in [1.82, 2.24) is 9.55 Å². The van der Waals surface area contributed by atoms with Crippen molar-refractivity contribution in [1.29, 1.82) is 0 Å². The van der Waals surface area contributed by atoms with Crippen molar-refractivity contribution < 1.29 is 8.85 Å². The van der Waals surface area contributed by atoms with E-state index in [1.54, 1.807) is 6.20 Å². The van der Waals surface area contributed by atoms with Crippen LogP contribution < -0.4 is 14.5 Å². The second-order valence-corrected chi connectivity index (χ2v) is 19.8. The van der Waals surface area contributed by atoms with Gasteiger partial charge in [0.25, 0.3) is 0 Å². The fourth-order valence-electron chi connectivity index (χ4n) is 8.72. The Morgan fingerprint density at radius 1 is 0.541 bits per heavy atom. The highest BCUT2D eigenvalue weighted by molar-refractivity contribution is 6.10. The maximum absolute atomic E-state index is 8.61. The number of benzene rings is 6. The first-order valence-electron chi connectivity index (χ1n) is 22.9. The topological polar surface area (TPSA) is 33.5 Å². The molecule has 0 bridgehead atoms. The molecule has 0 radical (unpaired) electrons. The highest BCUT2D eigenvalue weighted by atomic mass is 16.5. The normalized spacial score (nSPS) is 14.3. The lowest BCUT2D eigenvalue weighted by atomic mass is 9.83. The molecule has 0 saturated carbocycles. The van der Waals surface area contributed by atoms with Gasteiger partial charge in [-0.05, 0) is 142 Å². The predicted molar refractivity (Wildman–Crippen MR) is 258 cm³/mol. The molecule has 5 nitrogen and oxygen atoms in total. The summed E-state index contributed by atoms with van der Waals surface area (Å²) in [6, 6.07) is 46.7. The van der Waals surface area contributed by atoms with E-state index in [1.165, 1.54) is 16.8 Å². The number of para-hydroxylation sites is 2. The number of fused-ring (bicyclic) bond motifs is 4. The van der Waals surface area contributed by atoms with Gasteiger partial charge in [-0.2, -0.15) is 0 Å². The summed E-state index contributed by atoms with van der Waals surface area (Å²) in [7, 11) is 0. The lowest BCUT2D eigenvalue weighted by molar-refractivity contribution is 0.483. The number of aromatic nitrogens is 2. The summed E-state index contributed by atoms with van der Waals surface area (Å²) >= 11 is 0. The van der Waals surface area contributed by atoms with Crippen molar-refractivity contribution in [3.05, 3.63) is 167 Å². The molecule has 8 aromatic rings. The van der Waals surface area contributed by atoms with Crippen LogP contribution in [0.3, 0.4) is 0 Å². The van der Waals surface area contributed by atoms with Gasteiger partial charge >= 0.3 is 0 Å². The minimum Gasteiger partial charge on any atom is -0.457 e. The van der Waals surface area contributed by atoms with Crippen LogP contribution in [0.1, 0.15) is 94.2 Å². The van der Waals surface area contributed by atoms with Crippen LogP contribution in [0.2, 0.25) is 0 Å². The van der Waals surface area contributed by atoms with Crippen molar-refractivity contribution in [3.63, 3.8) is 0 Å². The van der Waals surface area contributed by atoms with E-state index in [9.17, 15) is 0 Å². The molecule has 308 valence electrons. The molecule has 0 amide bonds. The third-order valence-corrected chi connectivity index (χ3v) is 12.2. The fraction of sp³-hybridized carbons (Fsp3) is 0.268. The van der Waals surface area contributed by atoms with E-state index < -0.39 is 6.85 Å². The zero-order valence-electron chi connectivity index (χ0n) is 40.2. The van der Waals surface area contributed by atoms with Gasteiger partial charge in [-0.3, -0.25) is 4.57 Å². The van der Waals surface area contributed by atoms with Gasteiger partial charge < -0.3 is 14.5 Å². The third kappa shape index (κ3) is 7.45. The summed E-state index contributed by atoms with van der Waals surface area (Å²) < 4.78 is 34.8. The molecule has 0 aliphatic carbocycles. The second-order valence-electron chi connectivity index (χ2n) is 19.8. The number of hydrogen-bond donors (Lipinski definition) is 0. The number of nitrogens with zero attached hydrogens (tertiary/aromatic N) is 4. The van der Waals surface area contributed by atoms with Crippen molar-refractivity contribution in [2.24, 2.45) is 0 Å². The molecule has 0 spiro atoms. The number of rotatable bonds is 6. The molecule has 9 rings (SSSR count). The number of anilines is 4. The lowest BCUT2D eigenvalue weighted by Crippen LogP contribution is -2.24. The zero-order valence-corrected chi connectivity index (χ0v) is 37.2. The van der Waals surface area contributed by atoms with E-state index in [0.717, 1.165) is 66.9 Å². The van der Waals surface area contributed by atoms with Gasteiger partial charge in [0.15, 0.2) is 0 Å². The number of ether oxygens (including phenoxy) is 1. The monoisotopic (exact) mass is 805 g/mol. The average molecular weight is 806 g/mol. The first-order valence-corrected chi connectivity index (χ1v) is 21.4. The van der Waals surface area contributed by atoms with Crippen LogP contribution in [0.5, 0.6) is 11.5 Å². The molecule has 0 unspecified atom stereocenters. The molecule has 1 aliphatic heterocycles. The van der Waals surface area contributed by atoms with Crippen LogP contribution in [0, 0.1) is 13.8 Å². The second kappa shape index (κ2) is 14.7. The van der Waals surface area contributed by atoms with E-state index in [1.807, 2.05) is 37.3 Å². The summed E-state index contributed by atoms with van der Waals surface area (Å²) in [4.78, 5) is 9.68. The summed E-state index contributed by atoms with van der Waals surface area (Å²) in [5, 5.41) is 2.19. The van der Waals surface area contributed by atoms with Crippen molar-refractivity contribution in [2.75, 3.05) is 16.5 Å². The zero-order chi connectivity index (χ0) is 45.5. The number of pyridine rings is 1. The maximum Gasteiger partial charge on any atom is 0.138 e. The van der Waals surface area contributed by atoms with Gasteiger partial charge in [-0.15, -0.1) is 0 Å². The molecule has 61 heavy (non-hydrogen) atoms. The fourth-order valence-corrected chi connectivity index (χ4v) is 8.72. The minimum absolute atomic E-state index is 0.0390. The minimum atomic E-state index is -2.31. The van der Waals surface area contributed by atoms with E-state index >= 15 is 0 Å². The highest BCUT2D eigenvalue weighted by Gasteiger charge is 2.29. The Morgan fingerprint density at radius 2 is 1.18 bits per heavy atom. The molecule has 1 aliphatic rings. The quantitative estimate of drug-likeness (QED) is 0.168. The molecule has 0 saturated heterocycles. The first kappa shape index (κ1) is 36.5. The van der Waals surface area contributed by atoms with Crippen LogP contribution in [0.15, 0.2) is 140 Å². The Kier molecular flexibility index (Phi) is 8.79. The molecule has 0 N–H and O–H groups in total. The van der Waals surface area contributed by atoms with E-state index in [4.69, 9.17) is 13.8 Å². The summed E-state index contributed by atoms with van der Waals surface area (Å²) in [6.45, 7) is 20.2. The average Bonchev–Trinajstić information content (AvgIpc) is 3.78. The molecule has 3 heterocycles. The first-order chi connectivity index (χ1) is 30.1. The van der Waals surface area contributed by atoms with Crippen LogP contribution in [0.4, 0.5) is 22.7 Å². The summed E-state index contributed by atoms with van der Waals surface area (Å²) in [5.41, 5.74) is 12.6. The van der Waals surface area contributed by atoms with Crippen LogP contribution >= 0.6 is 0 Å². The predicted octanol–water partition coefficient (Wildman–Crippen LogP) is 15.4. The van der Waals surface area contributed by atoms with Crippen LogP contribution in [-0.2, 0) is 16.2 Å². The maximum atomic E-state index is 8.61. The largest absolute Gasteiger partial charge is 0.457 e. The van der Waals surface area contributed by atoms with Gasteiger partial charge in [0.1, 0.15) is 24.0 Å². The van der Waals surface area contributed by atoms with Gasteiger partial charge in [0.05, 0.1) is 22.4 Å². The summed E-state index contributed by atoms with van der Waals surface area (Å²) in [6.07, 6.45) is 1.79. The van der Waals surface area contributed by atoms with Crippen molar-refractivity contribution >= 4 is 44.6 Å². The number of hydrogen-bond acceptors (Lipinski definition) is 4. The Bertz CT molecular complexity index is 3090. The highest BCUT2D eigenvalue weighted by Crippen LogP contribution is 2.46. The van der Waals surface area contributed by atoms with Gasteiger partial charge in [0.2, 0.25) is 0 Å². The molecule has 2 aromatic heterocycles. The molecule has 0 atom stereocenters. The van der Waals surface area contributed by atoms with Gasteiger partial charge in [0, 0.05) is 44.6 Å². The van der Waals surface area contributed by atoms with E-state index in [0.29, 0.717) is 23.8 Å². The standard InChI is InChI=1S/C56H58N4O/c1-36-28-41(56(9,10)11)29-37(2)53(36)38-26-27-57-52(30-38)60-48-25-22-40(55(6,7)8)32-47(48)46-24-23-45(34-51(46)60)61-44-19-15-18-43(33-44)59-35-58(49-20-12-13-21-50(49)59)42-17-14-16-39(31-42)54(3,4)5/h12-34H,35H2,1-11H3/i1D3. The van der Waals surface area contributed by atoms with Gasteiger partial charge in [-0.1, -0.05) is 111 Å². The summed E-state index contributed by atoms with van der Waals surface area (Å²) in [5.74, 6) is 2.12. The van der Waals surface area contributed by atoms with E-state index in [2.05, 4.69) is 180 Å². The molecule has 6 aromatic carbocycles.